The molecule has 0 atom stereocenters. The van der Waals surface area contributed by atoms with Crippen molar-refractivity contribution in [3.63, 3.8) is 0 Å². The van der Waals surface area contributed by atoms with E-state index in [2.05, 4.69) is 10.5 Å². The lowest BCUT2D eigenvalue weighted by atomic mass is 10.1. The van der Waals surface area contributed by atoms with Crippen molar-refractivity contribution in [2.24, 2.45) is 5.73 Å². The van der Waals surface area contributed by atoms with Crippen molar-refractivity contribution < 1.29 is 14.1 Å². The quantitative estimate of drug-likeness (QED) is 0.863. The average Bonchev–Trinajstić information content (AvgIpc) is 2.87. The first-order chi connectivity index (χ1) is 9.26. The van der Waals surface area contributed by atoms with Gasteiger partial charge in [-0.1, -0.05) is 5.16 Å². The Hall–Kier alpha value is -2.34. The number of carbonyl (C=O) groups excluding carboxylic acids is 1. The molecule has 0 spiro atoms. The maximum absolute atomic E-state index is 11.3. The molecule has 0 saturated carbocycles. The first-order valence-electron chi connectivity index (χ1n) is 5.99. The summed E-state index contributed by atoms with van der Waals surface area (Å²) in [6.45, 7) is 0.579. The zero-order valence-corrected chi connectivity index (χ0v) is 10.2. The minimum atomic E-state index is -0.161. The fourth-order valence-corrected chi connectivity index (χ4v) is 1.95. The van der Waals surface area contributed by atoms with Crippen LogP contribution in [-0.2, 0) is 11.2 Å². The number of aromatic nitrogens is 1. The molecular formula is C13H13N3O3. The number of ether oxygens (including phenoxy) is 1. The van der Waals surface area contributed by atoms with Crippen molar-refractivity contribution in [2.45, 2.75) is 6.42 Å². The molecule has 1 aliphatic heterocycles. The van der Waals surface area contributed by atoms with E-state index in [1.807, 2.05) is 12.1 Å². The molecule has 3 rings (SSSR count). The maximum Gasteiger partial charge on any atom is 0.262 e. The summed E-state index contributed by atoms with van der Waals surface area (Å²) in [6.07, 6.45) is 0.675. The highest BCUT2D eigenvalue weighted by Gasteiger charge is 2.17. The topological polar surface area (TPSA) is 90.4 Å². The van der Waals surface area contributed by atoms with E-state index in [0.717, 1.165) is 11.3 Å². The third kappa shape index (κ3) is 2.30. The summed E-state index contributed by atoms with van der Waals surface area (Å²) >= 11 is 0. The number of rotatable bonds is 3. The molecule has 1 aliphatic rings. The van der Waals surface area contributed by atoms with Gasteiger partial charge in [-0.15, -0.1) is 0 Å². The summed E-state index contributed by atoms with van der Waals surface area (Å²) in [6, 6.07) is 7.32. The Morgan fingerprint density at radius 3 is 3.11 bits per heavy atom. The molecule has 1 aromatic heterocycles. The minimum Gasteiger partial charge on any atom is -0.482 e. The van der Waals surface area contributed by atoms with Crippen molar-refractivity contribution in [1.82, 2.24) is 5.16 Å². The van der Waals surface area contributed by atoms with Crippen LogP contribution in [0.5, 0.6) is 5.75 Å². The molecular weight excluding hydrogens is 246 g/mol. The van der Waals surface area contributed by atoms with Crippen LogP contribution in [-0.4, -0.2) is 24.2 Å². The number of nitrogens with two attached hydrogens (primary N) is 1. The van der Waals surface area contributed by atoms with E-state index < -0.39 is 0 Å². The molecule has 3 N–H and O–H groups in total. The van der Waals surface area contributed by atoms with E-state index in [1.54, 1.807) is 12.1 Å². The highest BCUT2D eigenvalue weighted by Crippen LogP contribution is 2.32. The third-order valence-corrected chi connectivity index (χ3v) is 2.86. The lowest BCUT2D eigenvalue weighted by Crippen LogP contribution is -2.25. The number of nitrogens with zero attached hydrogens (tertiary/aromatic N) is 1. The number of fused-ring (bicyclic) bond motifs is 1. The van der Waals surface area contributed by atoms with Gasteiger partial charge < -0.3 is 20.3 Å². The lowest BCUT2D eigenvalue weighted by Gasteiger charge is -2.17. The number of anilines is 1. The second kappa shape index (κ2) is 4.74. The van der Waals surface area contributed by atoms with E-state index >= 15 is 0 Å². The van der Waals surface area contributed by atoms with E-state index in [-0.39, 0.29) is 12.5 Å². The second-order valence-corrected chi connectivity index (χ2v) is 4.27. The fourth-order valence-electron chi connectivity index (χ4n) is 1.95. The maximum atomic E-state index is 11.3. The highest BCUT2D eigenvalue weighted by molar-refractivity contribution is 5.96. The van der Waals surface area contributed by atoms with Gasteiger partial charge in [0.05, 0.1) is 11.4 Å². The van der Waals surface area contributed by atoms with Crippen molar-refractivity contribution in [3.05, 3.63) is 30.0 Å². The Bertz CT molecular complexity index is 621. The summed E-state index contributed by atoms with van der Waals surface area (Å²) in [4.78, 5) is 11.3. The van der Waals surface area contributed by atoms with Gasteiger partial charge in [0.1, 0.15) is 5.75 Å². The number of amides is 1. The van der Waals surface area contributed by atoms with E-state index in [4.69, 9.17) is 15.0 Å². The molecule has 2 heterocycles. The summed E-state index contributed by atoms with van der Waals surface area (Å²) in [5.74, 6) is 1.14. The monoisotopic (exact) mass is 259 g/mol. The van der Waals surface area contributed by atoms with Gasteiger partial charge in [0.2, 0.25) is 0 Å². The number of hydrogen-bond donors (Lipinski definition) is 2. The summed E-state index contributed by atoms with van der Waals surface area (Å²) in [5.41, 5.74) is 7.76. The molecule has 1 aromatic carbocycles. The summed E-state index contributed by atoms with van der Waals surface area (Å²) < 4.78 is 10.6. The van der Waals surface area contributed by atoms with Crippen LogP contribution in [0.3, 0.4) is 0 Å². The van der Waals surface area contributed by atoms with Crippen LogP contribution in [0.1, 0.15) is 5.69 Å². The van der Waals surface area contributed by atoms with Crippen LogP contribution in [0.25, 0.3) is 11.3 Å². The molecule has 0 unspecified atom stereocenters. The van der Waals surface area contributed by atoms with Gasteiger partial charge in [-0.25, -0.2) is 0 Å². The van der Waals surface area contributed by atoms with Crippen LogP contribution in [0.15, 0.2) is 28.8 Å². The zero-order valence-electron chi connectivity index (χ0n) is 10.2. The number of hydrogen-bond acceptors (Lipinski definition) is 5. The summed E-state index contributed by atoms with van der Waals surface area (Å²) in [5, 5.41) is 6.69. The first-order valence-corrected chi connectivity index (χ1v) is 5.99. The SMILES string of the molecule is NCCc1cc(-c2ccc3c(c2)NC(=O)CO3)on1. The lowest BCUT2D eigenvalue weighted by molar-refractivity contribution is -0.118. The van der Waals surface area contributed by atoms with E-state index in [9.17, 15) is 4.79 Å². The van der Waals surface area contributed by atoms with Crippen molar-refractivity contribution in [3.8, 4) is 17.1 Å². The largest absolute Gasteiger partial charge is 0.482 e. The van der Waals surface area contributed by atoms with Crippen molar-refractivity contribution in [2.75, 3.05) is 18.5 Å². The van der Waals surface area contributed by atoms with Gasteiger partial charge in [0.15, 0.2) is 12.4 Å². The van der Waals surface area contributed by atoms with Gasteiger partial charge in [0, 0.05) is 18.1 Å². The molecule has 6 nitrogen and oxygen atoms in total. The normalized spacial score (nSPS) is 13.6. The molecule has 0 aliphatic carbocycles. The Morgan fingerprint density at radius 2 is 2.26 bits per heavy atom. The van der Waals surface area contributed by atoms with Gasteiger partial charge in [-0.2, -0.15) is 0 Å². The molecule has 19 heavy (non-hydrogen) atoms. The summed E-state index contributed by atoms with van der Waals surface area (Å²) in [7, 11) is 0. The molecule has 1 amide bonds. The van der Waals surface area contributed by atoms with Crippen molar-refractivity contribution in [1.29, 1.82) is 0 Å². The molecule has 2 aromatic rings. The number of nitrogens with one attached hydrogen (secondary N) is 1. The fraction of sp³-hybridized carbons (Fsp3) is 0.231. The van der Waals surface area contributed by atoms with Crippen LogP contribution in [0.4, 0.5) is 5.69 Å². The van der Waals surface area contributed by atoms with Gasteiger partial charge in [-0.05, 0) is 24.7 Å². The van der Waals surface area contributed by atoms with Gasteiger partial charge in [0.25, 0.3) is 5.91 Å². The van der Waals surface area contributed by atoms with Crippen LogP contribution >= 0.6 is 0 Å². The van der Waals surface area contributed by atoms with Crippen LogP contribution in [0, 0.1) is 0 Å². The second-order valence-electron chi connectivity index (χ2n) is 4.27. The third-order valence-electron chi connectivity index (χ3n) is 2.86. The molecule has 0 saturated heterocycles. The van der Waals surface area contributed by atoms with Crippen molar-refractivity contribution >= 4 is 11.6 Å². The molecule has 0 bridgehead atoms. The zero-order chi connectivity index (χ0) is 13.2. The number of carbonyl (C=O) groups is 1. The Labute approximate surface area is 109 Å². The molecule has 0 fully saturated rings. The van der Waals surface area contributed by atoms with Crippen LogP contribution in [0.2, 0.25) is 0 Å². The standard InChI is InChI=1S/C13H13N3O3/c14-4-3-9-6-12(19-16-9)8-1-2-11-10(5-8)15-13(17)7-18-11/h1-2,5-6H,3-4,7,14H2,(H,15,17). The molecule has 0 radical (unpaired) electrons. The Balaban J connectivity index is 1.92. The predicted molar refractivity (Wildman–Crippen MR) is 68.8 cm³/mol. The molecule has 98 valence electrons. The van der Waals surface area contributed by atoms with Crippen LogP contribution < -0.4 is 15.8 Å². The minimum absolute atomic E-state index is 0.0509. The highest BCUT2D eigenvalue weighted by atomic mass is 16.5. The first kappa shape index (κ1) is 11.7. The smallest absolute Gasteiger partial charge is 0.262 e. The van der Waals surface area contributed by atoms with Gasteiger partial charge in [-0.3, -0.25) is 4.79 Å². The van der Waals surface area contributed by atoms with Gasteiger partial charge >= 0.3 is 0 Å². The Kier molecular flexibility index (Phi) is 2.92. The number of benzene rings is 1. The van der Waals surface area contributed by atoms with E-state index in [0.29, 0.717) is 30.2 Å². The average molecular weight is 259 g/mol. The molecule has 6 heteroatoms. The van der Waals surface area contributed by atoms with E-state index in [1.165, 1.54) is 0 Å². The predicted octanol–water partition coefficient (Wildman–Crippen LogP) is 1.17. The Morgan fingerprint density at radius 1 is 1.37 bits per heavy atom.